The molecule has 14 heavy (non-hydrogen) atoms. The van der Waals surface area contributed by atoms with E-state index in [-0.39, 0.29) is 6.42 Å². The van der Waals surface area contributed by atoms with Crippen molar-refractivity contribution in [2.45, 2.75) is 38.5 Å². The Bertz CT molecular complexity index is 212. The van der Waals surface area contributed by atoms with Crippen molar-refractivity contribution in [3.8, 4) is 0 Å². The second-order valence-corrected chi connectivity index (χ2v) is 3.84. The SMILES string of the molecule is CCCCC(OP(=O)(O)F)C(F)(F)F. The molecule has 0 aliphatic carbocycles. The lowest BCUT2D eigenvalue weighted by Crippen LogP contribution is -2.30. The van der Waals surface area contributed by atoms with Gasteiger partial charge in [-0.05, 0) is 6.42 Å². The maximum atomic E-state index is 12.0. The number of rotatable bonds is 5. The zero-order valence-corrected chi connectivity index (χ0v) is 8.32. The summed E-state index contributed by atoms with van der Waals surface area (Å²) in [5, 5.41) is 0. The number of unbranched alkanes of at least 4 members (excludes halogenated alkanes) is 1. The Morgan fingerprint density at radius 2 is 2.00 bits per heavy atom. The molecule has 2 atom stereocenters. The Morgan fingerprint density at radius 3 is 2.29 bits per heavy atom. The van der Waals surface area contributed by atoms with Crippen LogP contribution in [0.25, 0.3) is 0 Å². The number of hydrogen-bond donors (Lipinski definition) is 1. The molecule has 0 rings (SSSR count). The Kier molecular flexibility index (Phi) is 5.05. The van der Waals surface area contributed by atoms with Crippen LogP contribution in [0, 0.1) is 0 Å². The standard InChI is InChI=1S/C6H11F4O3P/c1-2-3-4-5(6(7,8)9)13-14(10,11)12/h5H,2-4H2,1H3,(H,11,12). The lowest BCUT2D eigenvalue weighted by molar-refractivity contribution is -0.200. The second kappa shape index (κ2) is 5.09. The monoisotopic (exact) mass is 238 g/mol. The van der Waals surface area contributed by atoms with Crippen LogP contribution in [0.2, 0.25) is 0 Å². The molecule has 0 aliphatic rings. The predicted octanol–water partition coefficient (Wildman–Crippen LogP) is 3.19. The van der Waals surface area contributed by atoms with Crippen molar-refractivity contribution in [2.24, 2.45) is 0 Å². The topological polar surface area (TPSA) is 46.5 Å². The van der Waals surface area contributed by atoms with Gasteiger partial charge < -0.3 is 0 Å². The molecule has 1 N–H and O–H groups in total. The second-order valence-electron chi connectivity index (χ2n) is 2.73. The summed E-state index contributed by atoms with van der Waals surface area (Å²) < 4.78 is 61.6. The van der Waals surface area contributed by atoms with E-state index in [4.69, 9.17) is 4.89 Å². The van der Waals surface area contributed by atoms with E-state index in [0.29, 0.717) is 6.42 Å². The van der Waals surface area contributed by atoms with Crippen molar-refractivity contribution < 1.29 is 31.4 Å². The minimum atomic E-state index is -5.58. The summed E-state index contributed by atoms with van der Waals surface area (Å²) in [6, 6.07) is 0. The molecule has 0 bridgehead atoms. The largest absolute Gasteiger partial charge is 0.511 e. The summed E-state index contributed by atoms with van der Waals surface area (Å²) >= 11 is 0. The first-order valence-corrected chi connectivity index (χ1v) is 5.41. The molecular formula is C6H11F4O3P. The quantitative estimate of drug-likeness (QED) is 0.591. The van der Waals surface area contributed by atoms with E-state index in [1.165, 1.54) is 0 Å². The van der Waals surface area contributed by atoms with Gasteiger partial charge in [-0.2, -0.15) is 13.2 Å². The van der Waals surface area contributed by atoms with E-state index in [0.717, 1.165) is 0 Å². The van der Waals surface area contributed by atoms with Gasteiger partial charge in [0.05, 0.1) is 0 Å². The van der Waals surface area contributed by atoms with Gasteiger partial charge in [-0.15, -0.1) is 4.20 Å². The van der Waals surface area contributed by atoms with Crippen molar-refractivity contribution in [1.82, 2.24) is 0 Å². The molecule has 0 aliphatic heterocycles. The molecule has 0 aromatic rings. The molecule has 0 amide bonds. The molecule has 0 aromatic carbocycles. The summed E-state index contributed by atoms with van der Waals surface area (Å²) in [6.45, 7) is 1.64. The Labute approximate surface area is 78.7 Å². The molecule has 3 nitrogen and oxygen atoms in total. The first kappa shape index (κ1) is 13.9. The lowest BCUT2D eigenvalue weighted by atomic mass is 10.1. The fourth-order valence-electron chi connectivity index (χ4n) is 0.823. The van der Waals surface area contributed by atoms with Crippen LogP contribution in [0.3, 0.4) is 0 Å². The maximum absolute atomic E-state index is 12.0. The van der Waals surface area contributed by atoms with Crippen LogP contribution < -0.4 is 0 Å². The van der Waals surface area contributed by atoms with Crippen LogP contribution in [0.5, 0.6) is 0 Å². The third-order valence-corrected chi connectivity index (χ3v) is 1.96. The van der Waals surface area contributed by atoms with E-state index in [2.05, 4.69) is 4.52 Å². The molecule has 0 aromatic heterocycles. The van der Waals surface area contributed by atoms with Crippen molar-refractivity contribution in [3.63, 3.8) is 0 Å². The maximum Gasteiger partial charge on any atom is 0.511 e. The number of alkyl halides is 3. The van der Waals surface area contributed by atoms with Gasteiger partial charge in [-0.25, -0.2) is 4.57 Å². The zero-order valence-electron chi connectivity index (χ0n) is 7.42. The summed E-state index contributed by atoms with van der Waals surface area (Å²) in [7, 11) is -5.58. The Balaban J connectivity index is 4.34. The van der Waals surface area contributed by atoms with Gasteiger partial charge in [0, 0.05) is 0 Å². The first-order valence-electron chi connectivity index (χ1n) is 3.94. The smallest absolute Gasteiger partial charge is 0.299 e. The van der Waals surface area contributed by atoms with Gasteiger partial charge in [-0.1, -0.05) is 19.8 Å². The van der Waals surface area contributed by atoms with Crippen LogP contribution in [0.4, 0.5) is 17.4 Å². The van der Waals surface area contributed by atoms with Gasteiger partial charge in [0.25, 0.3) is 0 Å². The van der Waals surface area contributed by atoms with Crippen LogP contribution in [0.15, 0.2) is 0 Å². The molecule has 0 spiro atoms. The fraction of sp³-hybridized carbons (Fsp3) is 1.00. The zero-order chi connectivity index (χ0) is 11.4. The lowest BCUT2D eigenvalue weighted by Gasteiger charge is -2.19. The van der Waals surface area contributed by atoms with E-state index in [1.54, 1.807) is 6.92 Å². The Hall–Kier alpha value is -0.130. The van der Waals surface area contributed by atoms with E-state index < -0.39 is 26.6 Å². The van der Waals surface area contributed by atoms with Gasteiger partial charge in [0.15, 0.2) is 6.10 Å². The van der Waals surface area contributed by atoms with Gasteiger partial charge >= 0.3 is 14.1 Å². The fourth-order valence-corrected chi connectivity index (χ4v) is 1.36. The normalized spacial score (nSPS) is 19.0. The predicted molar refractivity (Wildman–Crippen MR) is 41.4 cm³/mol. The highest BCUT2D eigenvalue weighted by Crippen LogP contribution is 2.48. The van der Waals surface area contributed by atoms with E-state index in [1.807, 2.05) is 0 Å². The van der Waals surface area contributed by atoms with Gasteiger partial charge in [0.1, 0.15) is 0 Å². The molecule has 0 fully saturated rings. The molecule has 2 unspecified atom stereocenters. The minimum absolute atomic E-state index is 0.143. The molecule has 0 radical (unpaired) electrons. The molecule has 8 heteroatoms. The van der Waals surface area contributed by atoms with E-state index >= 15 is 0 Å². The van der Waals surface area contributed by atoms with Crippen molar-refractivity contribution in [3.05, 3.63) is 0 Å². The minimum Gasteiger partial charge on any atom is -0.299 e. The van der Waals surface area contributed by atoms with Crippen molar-refractivity contribution >= 4 is 7.91 Å². The van der Waals surface area contributed by atoms with Crippen LogP contribution >= 0.6 is 7.91 Å². The van der Waals surface area contributed by atoms with Gasteiger partial charge in [0.2, 0.25) is 0 Å². The highest BCUT2D eigenvalue weighted by Gasteiger charge is 2.44. The average molecular weight is 238 g/mol. The molecule has 86 valence electrons. The molecule has 0 saturated carbocycles. The summed E-state index contributed by atoms with van der Waals surface area (Å²) in [6.07, 6.45) is -7.25. The third-order valence-electron chi connectivity index (χ3n) is 1.44. The molecule has 0 saturated heterocycles. The van der Waals surface area contributed by atoms with Crippen molar-refractivity contribution in [2.75, 3.05) is 0 Å². The summed E-state index contributed by atoms with van der Waals surface area (Å²) in [5.74, 6) is 0. The third kappa shape index (κ3) is 6.34. The van der Waals surface area contributed by atoms with Gasteiger partial charge in [-0.3, -0.25) is 9.42 Å². The highest BCUT2D eigenvalue weighted by molar-refractivity contribution is 7.46. The van der Waals surface area contributed by atoms with Crippen LogP contribution in [0.1, 0.15) is 26.2 Å². The first-order chi connectivity index (χ1) is 6.17. The highest BCUT2D eigenvalue weighted by atomic mass is 31.2. The molecule has 0 heterocycles. The van der Waals surface area contributed by atoms with Crippen LogP contribution in [-0.4, -0.2) is 17.2 Å². The summed E-state index contributed by atoms with van der Waals surface area (Å²) in [4.78, 5) is 8.02. The van der Waals surface area contributed by atoms with Crippen LogP contribution in [-0.2, 0) is 9.09 Å². The number of halogens is 4. The molecular weight excluding hydrogens is 227 g/mol. The van der Waals surface area contributed by atoms with Crippen molar-refractivity contribution in [1.29, 1.82) is 0 Å². The average Bonchev–Trinajstić information content (AvgIpc) is 1.93. The number of hydrogen-bond acceptors (Lipinski definition) is 2. The summed E-state index contributed by atoms with van der Waals surface area (Å²) in [5.41, 5.74) is 0. The van der Waals surface area contributed by atoms with E-state index in [9.17, 15) is 21.9 Å². The Morgan fingerprint density at radius 1 is 1.50 bits per heavy atom.